The van der Waals surface area contributed by atoms with Crippen molar-refractivity contribution >= 4 is 5.57 Å². The van der Waals surface area contributed by atoms with Gasteiger partial charge in [-0.15, -0.1) is 0 Å². The van der Waals surface area contributed by atoms with Gasteiger partial charge in [-0.2, -0.15) is 5.26 Å². The molecule has 1 aliphatic rings. The van der Waals surface area contributed by atoms with Crippen molar-refractivity contribution in [1.82, 2.24) is 0 Å². The quantitative estimate of drug-likeness (QED) is 0.707. The largest absolute Gasteiger partial charge is 0.198 e. The Hall–Kier alpha value is -1.55. The molecule has 0 unspecified atom stereocenters. The topological polar surface area (TPSA) is 23.8 Å². The van der Waals surface area contributed by atoms with E-state index in [0.29, 0.717) is 12.3 Å². The molecule has 0 bridgehead atoms. The Balaban J connectivity index is 2.11. The lowest BCUT2D eigenvalue weighted by Crippen LogP contribution is -2.05. The number of nitriles is 1. The first-order chi connectivity index (χ1) is 7.40. The van der Waals surface area contributed by atoms with Crippen LogP contribution in [-0.4, -0.2) is 0 Å². The summed E-state index contributed by atoms with van der Waals surface area (Å²) in [5, 5.41) is 8.71. The van der Waals surface area contributed by atoms with Crippen LogP contribution < -0.4 is 0 Å². The fraction of sp³-hybridized carbons (Fsp3) is 0.357. The molecule has 2 rings (SSSR count). The first-order valence-electron chi connectivity index (χ1n) is 5.51. The highest BCUT2D eigenvalue weighted by Gasteiger charge is 2.15. The van der Waals surface area contributed by atoms with E-state index in [0.717, 1.165) is 12.8 Å². The van der Waals surface area contributed by atoms with Crippen LogP contribution in [0.5, 0.6) is 0 Å². The summed E-state index contributed by atoms with van der Waals surface area (Å²) in [7, 11) is 0. The van der Waals surface area contributed by atoms with Crippen molar-refractivity contribution in [3.05, 3.63) is 42.0 Å². The molecule has 0 N–H and O–H groups in total. The third kappa shape index (κ3) is 2.47. The van der Waals surface area contributed by atoms with E-state index in [2.05, 4.69) is 36.4 Å². The Morgan fingerprint density at radius 3 is 2.80 bits per heavy atom. The second kappa shape index (κ2) is 4.79. The molecule has 0 saturated heterocycles. The van der Waals surface area contributed by atoms with E-state index in [4.69, 9.17) is 5.26 Å². The lowest BCUT2D eigenvalue weighted by molar-refractivity contribution is 0.499. The van der Waals surface area contributed by atoms with Crippen molar-refractivity contribution in [2.45, 2.75) is 25.7 Å². The molecule has 0 saturated carbocycles. The molecule has 15 heavy (non-hydrogen) atoms. The molecule has 1 aliphatic carbocycles. The van der Waals surface area contributed by atoms with Crippen molar-refractivity contribution in [2.75, 3.05) is 0 Å². The summed E-state index contributed by atoms with van der Waals surface area (Å²) >= 11 is 0. The van der Waals surface area contributed by atoms with Gasteiger partial charge in [0.2, 0.25) is 0 Å². The molecular formula is C14H15N. The lowest BCUT2D eigenvalue weighted by Gasteiger charge is -2.20. The maximum Gasteiger partial charge on any atom is 0.0624 e. The molecule has 0 radical (unpaired) electrons. The monoisotopic (exact) mass is 197 g/mol. The van der Waals surface area contributed by atoms with Crippen molar-refractivity contribution in [2.24, 2.45) is 5.92 Å². The first-order valence-corrected chi connectivity index (χ1v) is 5.51. The van der Waals surface area contributed by atoms with Crippen LogP contribution >= 0.6 is 0 Å². The average Bonchev–Trinajstić information content (AvgIpc) is 2.31. The zero-order chi connectivity index (χ0) is 10.5. The number of hydrogen-bond donors (Lipinski definition) is 0. The van der Waals surface area contributed by atoms with Crippen LogP contribution in [-0.2, 0) is 0 Å². The Morgan fingerprint density at radius 2 is 2.07 bits per heavy atom. The predicted molar refractivity (Wildman–Crippen MR) is 62.0 cm³/mol. The molecule has 0 spiro atoms. The van der Waals surface area contributed by atoms with Crippen LogP contribution in [0.4, 0.5) is 0 Å². The van der Waals surface area contributed by atoms with E-state index < -0.39 is 0 Å². The van der Waals surface area contributed by atoms with Crippen molar-refractivity contribution < 1.29 is 0 Å². The Bertz CT molecular complexity index is 384. The molecular weight excluding hydrogens is 182 g/mol. The summed E-state index contributed by atoms with van der Waals surface area (Å²) in [6.07, 6.45) is 6.38. The normalized spacial score (nSPS) is 20.5. The van der Waals surface area contributed by atoms with Crippen LogP contribution in [0.2, 0.25) is 0 Å². The smallest absolute Gasteiger partial charge is 0.0624 e. The first kappa shape index (κ1) is 9.98. The van der Waals surface area contributed by atoms with Gasteiger partial charge in [-0.25, -0.2) is 0 Å². The minimum Gasteiger partial charge on any atom is -0.198 e. The molecule has 1 atom stereocenters. The van der Waals surface area contributed by atoms with Crippen molar-refractivity contribution in [3.8, 4) is 6.07 Å². The van der Waals surface area contributed by atoms with Crippen molar-refractivity contribution in [1.29, 1.82) is 5.26 Å². The number of benzene rings is 1. The van der Waals surface area contributed by atoms with Gasteiger partial charge in [-0.3, -0.25) is 0 Å². The Kier molecular flexibility index (Phi) is 3.19. The van der Waals surface area contributed by atoms with Gasteiger partial charge >= 0.3 is 0 Å². The zero-order valence-electron chi connectivity index (χ0n) is 8.82. The maximum absolute atomic E-state index is 8.71. The molecule has 0 aromatic heterocycles. The van der Waals surface area contributed by atoms with Gasteiger partial charge in [0, 0.05) is 6.42 Å². The Morgan fingerprint density at radius 1 is 1.27 bits per heavy atom. The second-order valence-corrected chi connectivity index (χ2v) is 4.11. The van der Waals surface area contributed by atoms with Gasteiger partial charge < -0.3 is 0 Å². The summed E-state index contributed by atoms with van der Waals surface area (Å²) < 4.78 is 0. The van der Waals surface area contributed by atoms with Crippen LogP contribution in [0.25, 0.3) is 5.57 Å². The minimum atomic E-state index is 0.565. The van der Waals surface area contributed by atoms with E-state index in [-0.39, 0.29) is 0 Å². The fourth-order valence-electron chi connectivity index (χ4n) is 2.18. The molecule has 0 fully saturated rings. The predicted octanol–water partition coefficient (Wildman–Crippen LogP) is 3.78. The average molecular weight is 197 g/mol. The SMILES string of the molecule is N#CC[C@@H]1CCC=C(c2ccccc2)C1. The zero-order valence-corrected chi connectivity index (χ0v) is 8.82. The van der Waals surface area contributed by atoms with Gasteiger partial charge in [-0.05, 0) is 36.3 Å². The molecule has 1 aromatic rings. The van der Waals surface area contributed by atoms with Crippen LogP contribution in [0.1, 0.15) is 31.2 Å². The van der Waals surface area contributed by atoms with Crippen LogP contribution in [0.3, 0.4) is 0 Å². The number of allylic oxidation sites excluding steroid dienone is 2. The molecule has 76 valence electrons. The Labute approximate surface area is 91.0 Å². The maximum atomic E-state index is 8.71. The highest BCUT2D eigenvalue weighted by atomic mass is 14.3. The molecule has 1 nitrogen and oxygen atoms in total. The van der Waals surface area contributed by atoms with Gasteiger partial charge in [0.25, 0.3) is 0 Å². The standard InChI is InChI=1S/C14H15N/c15-10-9-12-5-4-8-14(11-12)13-6-2-1-3-7-13/h1-3,6-8,12H,4-5,9,11H2/t12-/m0/s1. The fourth-order valence-corrected chi connectivity index (χ4v) is 2.18. The van der Waals surface area contributed by atoms with Crippen LogP contribution in [0, 0.1) is 17.2 Å². The van der Waals surface area contributed by atoms with Gasteiger partial charge in [-0.1, -0.05) is 36.4 Å². The molecule has 0 heterocycles. The summed E-state index contributed by atoms with van der Waals surface area (Å²) in [6, 6.07) is 12.8. The number of nitrogens with zero attached hydrogens (tertiary/aromatic N) is 1. The molecule has 0 amide bonds. The number of hydrogen-bond acceptors (Lipinski definition) is 1. The summed E-state index contributed by atoms with van der Waals surface area (Å²) in [4.78, 5) is 0. The summed E-state index contributed by atoms with van der Waals surface area (Å²) in [5.74, 6) is 0.565. The van der Waals surface area contributed by atoms with Gasteiger partial charge in [0.05, 0.1) is 6.07 Å². The third-order valence-corrected chi connectivity index (χ3v) is 3.00. The summed E-state index contributed by atoms with van der Waals surface area (Å²) in [5.41, 5.74) is 2.74. The van der Waals surface area contributed by atoms with E-state index in [9.17, 15) is 0 Å². The van der Waals surface area contributed by atoms with Crippen LogP contribution in [0.15, 0.2) is 36.4 Å². The third-order valence-electron chi connectivity index (χ3n) is 3.00. The van der Waals surface area contributed by atoms with Crippen molar-refractivity contribution in [3.63, 3.8) is 0 Å². The molecule has 1 aromatic carbocycles. The van der Waals surface area contributed by atoms with E-state index in [1.54, 1.807) is 0 Å². The van der Waals surface area contributed by atoms with Gasteiger partial charge in [0.15, 0.2) is 0 Å². The highest BCUT2D eigenvalue weighted by Crippen LogP contribution is 2.32. The van der Waals surface area contributed by atoms with E-state index in [1.165, 1.54) is 17.6 Å². The molecule has 1 heteroatoms. The minimum absolute atomic E-state index is 0.565. The lowest BCUT2D eigenvalue weighted by atomic mass is 9.84. The van der Waals surface area contributed by atoms with E-state index >= 15 is 0 Å². The van der Waals surface area contributed by atoms with E-state index in [1.807, 2.05) is 6.07 Å². The summed E-state index contributed by atoms with van der Waals surface area (Å²) in [6.45, 7) is 0. The van der Waals surface area contributed by atoms with Gasteiger partial charge in [0.1, 0.15) is 0 Å². The highest BCUT2D eigenvalue weighted by molar-refractivity contribution is 5.66. The second-order valence-electron chi connectivity index (χ2n) is 4.11. The molecule has 0 aliphatic heterocycles. The number of rotatable bonds is 2.